The molecule has 2 N–H and O–H groups in total. The highest BCUT2D eigenvalue weighted by Gasteiger charge is 2.01. The van der Waals surface area contributed by atoms with Crippen LogP contribution in [0, 0.1) is 18.3 Å². The summed E-state index contributed by atoms with van der Waals surface area (Å²) in [6.45, 7) is 2.44. The molecule has 0 spiro atoms. The first-order valence-electron chi connectivity index (χ1n) is 5.67. The van der Waals surface area contributed by atoms with Gasteiger partial charge in [0.1, 0.15) is 12.4 Å². The lowest BCUT2D eigenvalue weighted by molar-refractivity contribution is 0.305. The summed E-state index contributed by atoms with van der Waals surface area (Å²) in [5.41, 5.74) is 9.15. The molecule has 0 aliphatic heterocycles. The molecule has 0 aliphatic rings. The van der Waals surface area contributed by atoms with Crippen LogP contribution in [-0.4, -0.2) is 0 Å². The number of hydrogen-bond donors (Lipinski definition) is 1. The Kier molecular flexibility index (Phi) is 3.49. The van der Waals surface area contributed by atoms with Gasteiger partial charge in [0.2, 0.25) is 0 Å². The molecule has 0 unspecified atom stereocenters. The van der Waals surface area contributed by atoms with Crippen molar-refractivity contribution in [3.63, 3.8) is 0 Å². The number of benzene rings is 2. The zero-order valence-electron chi connectivity index (χ0n) is 10.2. The molecule has 2 aromatic carbocycles. The predicted octanol–water partition coefficient (Wildman–Crippen LogP) is 3.03. The summed E-state index contributed by atoms with van der Waals surface area (Å²) >= 11 is 0. The Balaban J connectivity index is 2.09. The predicted molar refractivity (Wildman–Crippen MR) is 71.1 cm³/mol. The van der Waals surface area contributed by atoms with Gasteiger partial charge in [-0.2, -0.15) is 5.26 Å². The number of aryl methyl sites for hydroxylation is 1. The molecule has 0 saturated carbocycles. The quantitative estimate of drug-likeness (QED) is 0.836. The molecule has 3 nitrogen and oxygen atoms in total. The van der Waals surface area contributed by atoms with Gasteiger partial charge in [-0.1, -0.05) is 12.1 Å². The van der Waals surface area contributed by atoms with E-state index >= 15 is 0 Å². The normalized spacial score (nSPS) is 9.78. The van der Waals surface area contributed by atoms with E-state index in [1.54, 1.807) is 12.1 Å². The van der Waals surface area contributed by atoms with Gasteiger partial charge in [0.05, 0.1) is 11.6 Å². The van der Waals surface area contributed by atoms with Gasteiger partial charge < -0.3 is 10.5 Å². The Bertz CT molecular complexity index is 600. The largest absolute Gasteiger partial charge is 0.489 e. The van der Waals surface area contributed by atoms with Gasteiger partial charge in [0.25, 0.3) is 0 Å². The van der Waals surface area contributed by atoms with Gasteiger partial charge in [-0.15, -0.1) is 0 Å². The molecule has 0 aromatic heterocycles. The Labute approximate surface area is 106 Å². The van der Waals surface area contributed by atoms with E-state index in [2.05, 4.69) is 6.07 Å². The minimum Gasteiger partial charge on any atom is -0.489 e. The summed E-state index contributed by atoms with van der Waals surface area (Å²) in [5, 5.41) is 8.80. The van der Waals surface area contributed by atoms with E-state index in [4.69, 9.17) is 15.7 Å². The molecular formula is C15H14N2O. The van der Waals surface area contributed by atoms with Crippen molar-refractivity contribution in [3.8, 4) is 11.8 Å². The zero-order valence-corrected chi connectivity index (χ0v) is 10.2. The van der Waals surface area contributed by atoms with Crippen LogP contribution < -0.4 is 10.5 Å². The first kappa shape index (κ1) is 12.0. The van der Waals surface area contributed by atoms with Gasteiger partial charge in [0, 0.05) is 11.8 Å². The number of nitrogens with two attached hydrogens (primary N) is 1. The van der Waals surface area contributed by atoms with E-state index in [-0.39, 0.29) is 0 Å². The Morgan fingerprint density at radius 1 is 1.22 bits per heavy atom. The standard InChI is InChI=1S/C15H14N2O/c1-11-7-12(9-16)5-6-13(11)10-18-15-4-2-3-14(17)8-15/h2-8H,10,17H2,1H3. The van der Waals surface area contributed by atoms with Crippen LogP contribution >= 0.6 is 0 Å². The molecule has 2 rings (SSSR count). The maximum atomic E-state index is 8.80. The van der Waals surface area contributed by atoms with Crippen LogP contribution in [0.1, 0.15) is 16.7 Å². The number of nitriles is 1. The van der Waals surface area contributed by atoms with Crippen LogP contribution in [0.5, 0.6) is 5.75 Å². The summed E-state index contributed by atoms with van der Waals surface area (Å²) in [6.07, 6.45) is 0. The number of ether oxygens (including phenoxy) is 1. The van der Waals surface area contributed by atoms with Crippen molar-refractivity contribution in [1.29, 1.82) is 5.26 Å². The molecule has 18 heavy (non-hydrogen) atoms. The number of nitrogens with zero attached hydrogens (tertiary/aromatic N) is 1. The highest BCUT2D eigenvalue weighted by molar-refractivity contribution is 5.44. The number of rotatable bonds is 3. The molecule has 0 bridgehead atoms. The van der Waals surface area contributed by atoms with E-state index in [0.717, 1.165) is 16.9 Å². The van der Waals surface area contributed by atoms with E-state index in [1.807, 2.05) is 37.3 Å². The van der Waals surface area contributed by atoms with Crippen LogP contribution in [0.2, 0.25) is 0 Å². The van der Waals surface area contributed by atoms with Gasteiger partial charge in [-0.05, 0) is 42.3 Å². The Morgan fingerprint density at radius 2 is 2.06 bits per heavy atom. The smallest absolute Gasteiger partial charge is 0.121 e. The third-order valence-electron chi connectivity index (χ3n) is 2.72. The minimum absolute atomic E-state index is 0.473. The summed E-state index contributed by atoms with van der Waals surface area (Å²) in [4.78, 5) is 0. The lowest BCUT2D eigenvalue weighted by Gasteiger charge is -2.09. The van der Waals surface area contributed by atoms with Gasteiger partial charge in [-0.3, -0.25) is 0 Å². The summed E-state index contributed by atoms with van der Waals surface area (Å²) in [7, 11) is 0. The highest BCUT2D eigenvalue weighted by Crippen LogP contribution is 2.18. The fourth-order valence-electron chi connectivity index (χ4n) is 1.69. The molecule has 90 valence electrons. The van der Waals surface area contributed by atoms with Crippen molar-refractivity contribution >= 4 is 5.69 Å². The van der Waals surface area contributed by atoms with E-state index in [1.165, 1.54) is 0 Å². The van der Waals surface area contributed by atoms with Crippen molar-refractivity contribution in [3.05, 3.63) is 59.2 Å². The first-order valence-corrected chi connectivity index (χ1v) is 5.67. The summed E-state index contributed by atoms with van der Waals surface area (Å²) < 4.78 is 5.66. The van der Waals surface area contributed by atoms with E-state index in [9.17, 15) is 0 Å². The second-order valence-corrected chi connectivity index (χ2v) is 4.11. The third kappa shape index (κ3) is 2.80. The summed E-state index contributed by atoms with van der Waals surface area (Å²) in [5.74, 6) is 0.749. The molecule has 0 saturated heterocycles. The maximum absolute atomic E-state index is 8.80. The van der Waals surface area contributed by atoms with Crippen LogP contribution in [0.4, 0.5) is 5.69 Å². The Morgan fingerprint density at radius 3 is 2.72 bits per heavy atom. The lowest BCUT2D eigenvalue weighted by Crippen LogP contribution is -1.98. The SMILES string of the molecule is Cc1cc(C#N)ccc1COc1cccc(N)c1. The van der Waals surface area contributed by atoms with Crippen molar-refractivity contribution < 1.29 is 4.74 Å². The van der Waals surface area contributed by atoms with Gasteiger partial charge in [-0.25, -0.2) is 0 Å². The van der Waals surface area contributed by atoms with Crippen molar-refractivity contribution in [2.75, 3.05) is 5.73 Å². The first-order chi connectivity index (χ1) is 8.69. The van der Waals surface area contributed by atoms with Crippen LogP contribution in [0.15, 0.2) is 42.5 Å². The zero-order chi connectivity index (χ0) is 13.0. The summed E-state index contributed by atoms with van der Waals surface area (Å²) in [6, 6.07) is 15.0. The maximum Gasteiger partial charge on any atom is 0.121 e. The second kappa shape index (κ2) is 5.24. The third-order valence-corrected chi connectivity index (χ3v) is 2.72. The molecule has 0 amide bonds. The molecule has 0 fully saturated rings. The molecule has 0 atom stereocenters. The van der Waals surface area contributed by atoms with Crippen molar-refractivity contribution in [2.24, 2.45) is 0 Å². The Hall–Kier alpha value is -2.47. The minimum atomic E-state index is 0.473. The van der Waals surface area contributed by atoms with Crippen LogP contribution in [0.25, 0.3) is 0 Å². The molecule has 0 heterocycles. The topological polar surface area (TPSA) is 59.0 Å². The molecule has 2 aromatic rings. The average molecular weight is 238 g/mol. The number of nitrogen functional groups attached to an aromatic ring is 1. The fraction of sp³-hybridized carbons (Fsp3) is 0.133. The van der Waals surface area contributed by atoms with Crippen LogP contribution in [0.3, 0.4) is 0 Å². The van der Waals surface area contributed by atoms with E-state index in [0.29, 0.717) is 17.9 Å². The molecule has 0 radical (unpaired) electrons. The second-order valence-electron chi connectivity index (χ2n) is 4.11. The monoisotopic (exact) mass is 238 g/mol. The molecule has 0 aliphatic carbocycles. The lowest BCUT2D eigenvalue weighted by atomic mass is 10.1. The molecular weight excluding hydrogens is 224 g/mol. The van der Waals surface area contributed by atoms with Crippen LogP contribution in [-0.2, 0) is 6.61 Å². The van der Waals surface area contributed by atoms with Crippen molar-refractivity contribution in [1.82, 2.24) is 0 Å². The van der Waals surface area contributed by atoms with E-state index < -0.39 is 0 Å². The average Bonchev–Trinajstić information content (AvgIpc) is 2.37. The van der Waals surface area contributed by atoms with Gasteiger partial charge in [0.15, 0.2) is 0 Å². The number of hydrogen-bond acceptors (Lipinski definition) is 3. The van der Waals surface area contributed by atoms with Gasteiger partial charge >= 0.3 is 0 Å². The number of anilines is 1. The molecule has 3 heteroatoms. The highest BCUT2D eigenvalue weighted by atomic mass is 16.5. The fourth-order valence-corrected chi connectivity index (χ4v) is 1.69. The van der Waals surface area contributed by atoms with Crippen molar-refractivity contribution in [2.45, 2.75) is 13.5 Å².